The Balaban J connectivity index is 1.36. The van der Waals surface area contributed by atoms with E-state index in [4.69, 9.17) is 9.47 Å². The van der Waals surface area contributed by atoms with Crippen LogP contribution in [0.4, 0.5) is 5.69 Å². The fourth-order valence-electron chi connectivity index (χ4n) is 3.04. The van der Waals surface area contributed by atoms with Gasteiger partial charge in [-0.05, 0) is 43.8 Å². The van der Waals surface area contributed by atoms with E-state index in [0.29, 0.717) is 17.2 Å². The van der Waals surface area contributed by atoms with Gasteiger partial charge in [0.2, 0.25) is 12.7 Å². The van der Waals surface area contributed by atoms with Crippen molar-refractivity contribution in [3.05, 3.63) is 60.7 Å². The second-order valence-electron chi connectivity index (χ2n) is 6.64. The lowest BCUT2D eigenvalue weighted by atomic mass is 10.1. The molecule has 0 aliphatic carbocycles. The third kappa shape index (κ3) is 3.81. The second kappa shape index (κ2) is 7.69. The summed E-state index contributed by atoms with van der Waals surface area (Å²) in [5.41, 5.74) is 2.74. The molecule has 8 nitrogen and oxygen atoms in total. The SMILES string of the molecule is CC(c1ccc(-n2cncn2)cc1)N(C)CC(=O)Nc1ccc2c(c1)OCO2. The fraction of sp³-hybridized carbons (Fsp3) is 0.250. The van der Waals surface area contributed by atoms with Gasteiger partial charge in [0, 0.05) is 17.8 Å². The lowest BCUT2D eigenvalue weighted by molar-refractivity contribution is -0.117. The Labute approximate surface area is 162 Å². The van der Waals surface area contributed by atoms with E-state index >= 15 is 0 Å². The van der Waals surface area contributed by atoms with Crippen LogP contribution in [0.1, 0.15) is 18.5 Å². The van der Waals surface area contributed by atoms with Crippen molar-refractivity contribution in [3.8, 4) is 17.2 Å². The number of fused-ring (bicyclic) bond motifs is 1. The predicted molar refractivity (Wildman–Crippen MR) is 104 cm³/mol. The zero-order valence-electron chi connectivity index (χ0n) is 15.7. The number of carbonyl (C=O) groups is 1. The highest BCUT2D eigenvalue weighted by atomic mass is 16.7. The summed E-state index contributed by atoms with van der Waals surface area (Å²) < 4.78 is 12.3. The van der Waals surface area contributed by atoms with Crippen molar-refractivity contribution in [1.82, 2.24) is 19.7 Å². The van der Waals surface area contributed by atoms with Gasteiger partial charge in [-0.2, -0.15) is 5.10 Å². The number of nitrogens with zero attached hydrogens (tertiary/aromatic N) is 4. The zero-order valence-corrected chi connectivity index (χ0v) is 15.7. The van der Waals surface area contributed by atoms with E-state index in [1.807, 2.05) is 36.2 Å². The normalized spacial score (nSPS) is 13.5. The number of nitrogens with one attached hydrogen (secondary N) is 1. The van der Waals surface area contributed by atoms with Gasteiger partial charge < -0.3 is 14.8 Å². The Morgan fingerprint density at radius 3 is 2.75 bits per heavy atom. The number of likely N-dealkylation sites (N-methyl/N-ethyl adjacent to an activating group) is 1. The molecule has 144 valence electrons. The molecule has 1 atom stereocenters. The topological polar surface area (TPSA) is 81.5 Å². The minimum atomic E-state index is -0.0903. The molecule has 2 aromatic carbocycles. The highest BCUT2D eigenvalue weighted by Gasteiger charge is 2.17. The van der Waals surface area contributed by atoms with Crippen molar-refractivity contribution in [1.29, 1.82) is 0 Å². The first-order valence-electron chi connectivity index (χ1n) is 8.95. The summed E-state index contributed by atoms with van der Waals surface area (Å²) in [6, 6.07) is 13.5. The van der Waals surface area contributed by atoms with Crippen molar-refractivity contribution in [2.24, 2.45) is 0 Å². The summed E-state index contributed by atoms with van der Waals surface area (Å²) >= 11 is 0. The first-order chi connectivity index (χ1) is 13.6. The predicted octanol–water partition coefficient (Wildman–Crippen LogP) is 2.63. The Morgan fingerprint density at radius 1 is 1.21 bits per heavy atom. The second-order valence-corrected chi connectivity index (χ2v) is 6.64. The first-order valence-corrected chi connectivity index (χ1v) is 8.95. The van der Waals surface area contributed by atoms with Crippen LogP contribution in [0.25, 0.3) is 5.69 Å². The van der Waals surface area contributed by atoms with E-state index in [1.165, 1.54) is 6.33 Å². The maximum atomic E-state index is 12.4. The van der Waals surface area contributed by atoms with Gasteiger partial charge in [-0.3, -0.25) is 9.69 Å². The van der Waals surface area contributed by atoms with Gasteiger partial charge in [0.05, 0.1) is 12.2 Å². The number of ether oxygens (including phenoxy) is 2. The molecule has 0 fully saturated rings. The van der Waals surface area contributed by atoms with E-state index in [-0.39, 0.29) is 25.3 Å². The molecule has 1 unspecified atom stereocenters. The Hall–Kier alpha value is -3.39. The van der Waals surface area contributed by atoms with Crippen LogP contribution in [-0.2, 0) is 4.79 Å². The highest BCUT2D eigenvalue weighted by Crippen LogP contribution is 2.34. The minimum Gasteiger partial charge on any atom is -0.454 e. The molecule has 1 N–H and O–H groups in total. The largest absolute Gasteiger partial charge is 0.454 e. The van der Waals surface area contributed by atoms with Crippen LogP contribution in [0, 0.1) is 0 Å². The lowest BCUT2D eigenvalue weighted by Crippen LogP contribution is -2.32. The van der Waals surface area contributed by atoms with Crippen LogP contribution < -0.4 is 14.8 Å². The molecule has 1 aliphatic rings. The number of carbonyl (C=O) groups excluding carboxylic acids is 1. The molecule has 0 saturated carbocycles. The van der Waals surface area contributed by atoms with Gasteiger partial charge in [0.25, 0.3) is 0 Å². The van der Waals surface area contributed by atoms with Crippen molar-refractivity contribution in [3.63, 3.8) is 0 Å². The Bertz CT molecular complexity index is 956. The molecule has 1 aliphatic heterocycles. The fourth-order valence-corrected chi connectivity index (χ4v) is 3.04. The molecule has 8 heteroatoms. The molecule has 0 spiro atoms. The van der Waals surface area contributed by atoms with E-state index in [0.717, 1.165) is 11.3 Å². The summed E-state index contributed by atoms with van der Waals surface area (Å²) in [5.74, 6) is 1.25. The van der Waals surface area contributed by atoms with Crippen LogP contribution in [0.5, 0.6) is 11.5 Å². The van der Waals surface area contributed by atoms with Gasteiger partial charge in [-0.25, -0.2) is 9.67 Å². The average molecular weight is 379 g/mol. The lowest BCUT2D eigenvalue weighted by Gasteiger charge is -2.24. The quantitative estimate of drug-likeness (QED) is 0.709. The van der Waals surface area contributed by atoms with Crippen LogP contribution >= 0.6 is 0 Å². The molecule has 0 bridgehead atoms. The number of hydrogen-bond donors (Lipinski definition) is 1. The molecule has 4 rings (SSSR count). The molecular weight excluding hydrogens is 358 g/mol. The summed E-state index contributed by atoms with van der Waals surface area (Å²) in [7, 11) is 1.93. The minimum absolute atomic E-state index is 0.0762. The molecule has 1 aromatic heterocycles. The van der Waals surface area contributed by atoms with Crippen molar-refractivity contribution in [2.75, 3.05) is 25.7 Å². The summed E-state index contributed by atoms with van der Waals surface area (Å²) in [6.45, 7) is 2.54. The number of hydrogen-bond acceptors (Lipinski definition) is 6. The van der Waals surface area contributed by atoms with E-state index in [2.05, 4.69) is 22.3 Å². The number of rotatable bonds is 6. The van der Waals surface area contributed by atoms with Crippen LogP contribution in [0.15, 0.2) is 55.1 Å². The molecule has 3 aromatic rings. The third-order valence-electron chi connectivity index (χ3n) is 4.77. The van der Waals surface area contributed by atoms with Crippen LogP contribution in [0.3, 0.4) is 0 Å². The third-order valence-corrected chi connectivity index (χ3v) is 4.77. The van der Waals surface area contributed by atoms with Gasteiger partial charge in [-0.15, -0.1) is 0 Å². The maximum absolute atomic E-state index is 12.4. The molecule has 2 heterocycles. The van der Waals surface area contributed by atoms with Gasteiger partial charge in [-0.1, -0.05) is 12.1 Å². The van der Waals surface area contributed by atoms with Gasteiger partial charge >= 0.3 is 0 Å². The van der Waals surface area contributed by atoms with Crippen molar-refractivity contribution >= 4 is 11.6 Å². The molecular formula is C20H21N5O3. The Morgan fingerprint density at radius 2 is 2.00 bits per heavy atom. The van der Waals surface area contributed by atoms with E-state index in [9.17, 15) is 4.79 Å². The summed E-state index contributed by atoms with van der Waals surface area (Å²) in [4.78, 5) is 18.4. The Kier molecular flexibility index (Phi) is 4.94. The van der Waals surface area contributed by atoms with E-state index < -0.39 is 0 Å². The first kappa shape index (κ1) is 18.0. The monoisotopic (exact) mass is 379 g/mol. The molecule has 0 radical (unpaired) electrons. The van der Waals surface area contributed by atoms with Gasteiger partial charge in [0.1, 0.15) is 12.7 Å². The van der Waals surface area contributed by atoms with Crippen LogP contribution in [0.2, 0.25) is 0 Å². The number of benzene rings is 2. The average Bonchev–Trinajstić information content (AvgIpc) is 3.39. The molecule has 28 heavy (non-hydrogen) atoms. The van der Waals surface area contributed by atoms with Crippen molar-refractivity contribution < 1.29 is 14.3 Å². The van der Waals surface area contributed by atoms with Crippen molar-refractivity contribution in [2.45, 2.75) is 13.0 Å². The van der Waals surface area contributed by atoms with E-state index in [1.54, 1.807) is 29.2 Å². The number of anilines is 1. The molecule has 1 amide bonds. The summed E-state index contributed by atoms with van der Waals surface area (Å²) in [6.07, 6.45) is 3.16. The zero-order chi connectivity index (χ0) is 19.5. The smallest absolute Gasteiger partial charge is 0.238 e. The van der Waals surface area contributed by atoms with Crippen LogP contribution in [-0.4, -0.2) is 46.0 Å². The maximum Gasteiger partial charge on any atom is 0.238 e. The number of amides is 1. The molecule has 0 saturated heterocycles. The number of aromatic nitrogens is 3. The highest BCUT2D eigenvalue weighted by molar-refractivity contribution is 5.92. The summed E-state index contributed by atoms with van der Waals surface area (Å²) in [5, 5.41) is 7.02. The van der Waals surface area contributed by atoms with Gasteiger partial charge in [0.15, 0.2) is 11.5 Å². The standard InChI is InChI=1S/C20H21N5O3/c1-14(15-3-6-17(7-4-15)25-12-21-11-22-25)24(2)10-20(26)23-16-5-8-18-19(9-16)28-13-27-18/h3-9,11-12,14H,10,13H2,1-2H3,(H,23,26).